The van der Waals surface area contributed by atoms with E-state index < -0.39 is 0 Å². The number of unbranched alkanes of at least 4 members (excludes halogenated alkanes) is 16. The van der Waals surface area contributed by atoms with Crippen molar-refractivity contribution < 1.29 is 0 Å². The van der Waals surface area contributed by atoms with E-state index >= 15 is 0 Å². The molecular weight excluding hydrogens is 398 g/mol. The van der Waals surface area contributed by atoms with Crippen molar-refractivity contribution in [3.63, 3.8) is 0 Å². The van der Waals surface area contributed by atoms with Crippen LogP contribution in [-0.2, 0) is 0 Å². The smallest absolute Gasteiger partial charge is 0.0371 e. The molecule has 1 aromatic carbocycles. The molecule has 2 unspecified atom stereocenters. The van der Waals surface area contributed by atoms with Gasteiger partial charge in [-0.1, -0.05) is 148 Å². The predicted octanol–water partition coefficient (Wildman–Crippen LogP) is 11.1. The van der Waals surface area contributed by atoms with Crippen LogP contribution in [0.25, 0.3) is 0 Å². The Morgan fingerprint density at radius 3 is 1.18 bits per heavy atom. The van der Waals surface area contributed by atoms with E-state index in [1.54, 1.807) is 0 Å². The Morgan fingerprint density at radius 1 is 0.485 bits per heavy atom. The molecule has 192 valence electrons. The minimum Gasteiger partial charge on any atom is -0.366 e. The molecule has 0 amide bonds. The number of anilines is 1. The van der Waals surface area contributed by atoms with E-state index in [0.29, 0.717) is 12.1 Å². The zero-order valence-corrected chi connectivity index (χ0v) is 23.1. The Kier molecular flexibility index (Phi) is 19.6. The van der Waals surface area contributed by atoms with Gasteiger partial charge < -0.3 is 4.90 Å². The molecule has 1 nitrogen and oxygen atoms in total. The molecule has 0 saturated carbocycles. The molecule has 0 aliphatic heterocycles. The fourth-order valence-electron chi connectivity index (χ4n) is 5.32. The van der Waals surface area contributed by atoms with Gasteiger partial charge in [-0.2, -0.15) is 0 Å². The number of hydrogen-bond donors (Lipinski definition) is 0. The molecule has 0 radical (unpaired) electrons. The van der Waals surface area contributed by atoms with Gasteiger partial charge in [0.1, 0.15) is 0 Å². The van der Waals surface area contributed by atoms with E-state index in [2.05, 4.69) is 62.9 Å². The van der Waals surface area contributed by atoms with E-state index in [9.17, 15) is 0 Å². The Hall–Kier alpha value is -0.980. The number of hydrogen-bond acceptors (Lipinski definition) is 1. The lowest BCUT2D eigenvalue weighted by Crippen LogP contribution is -2.40. The first-order valence-corrected chi connectivity index (χ1v) is 15.0. The third-order valence-corrected chi connectivity index (χ3v) is 7.45. The van der Waals surface area contributed by atoms with Crippen LogP contribution in [0.15, 0.2) is 30.3 Å². The highest BCUT2D eigenvalue weighted by atomic mass is 15.2. The minimum absolute atomic E-state index is 0.630. The van der Waals surface area contributed by atoms with Crippen molar-refractivity contribution in [3.05, 3.63) is 30.3 Å². The summed E-state index contributed by atoms with van der Waals surface area (Å²) >= 11 is 0. The molecule has 0 aromatic heterocycles. The van der Waals surface area contributed by atoms with Crippen LogP contribution in [0.5, 0.6) is 0 Å². The average Bonchev–Trinajstić information content (AvgIpc) is 2.83. The highest BCUT2D eigenvalue weighted by molar-refractivity contribution is 5.47. The molecule has 0 fully saturated rings. The van der Waals surface area contributed by atoms with Gasteiger partial charge in [0.15, 0.2) is 0 Å². The maximum atomic E-state index is 2.73. The third-order valence-electron chi connectivity index (χ3n) is 7.45. The fraction of sp³-hybridized carbons (Fsp3) is 0.812. The number of para-hydroxylation sites is 1. The van der Waals surface area contributed by atoms with Gasteiger partial charge in [-0.3, -0.25) is 0 Å². The Morgan fingerprint density at radius 2 is 0.818 bits per heavy atom. The van der Waals surface area contributed by atoms with Gasteiger partial charge in [0.05, 0.1) is 0 Å². The molecule has 0 aliphatic rings. The first-order valence-electron chi connectivity index (χ1n) is 15.0. The van der Waals surface area contributed by atoms with Crippen LogP contribution in [0.1, 0.15) is 156 Å². The zero-order valence-electron chi connectivity index (χ0n) is 23.1. The van der Waals surface area contributed by atoms with Crippen molar-refractivity contribution >= 4 is 5.69 Å². The SMILES string of the molecule is CCCCCCCCCCCC(C)N(c1ccccc1)C(C)CCCCCCCCCCC. The molecule has 0 heterocycles. The molecule has 0 bridgehead atoms. The summed E-state index contributed by atoms with van der Waals surface area (Å²) in [7, 11) is 0. The summed E-state index contributed by atoms with van der Waals surface area (Å²) in [6.07, 6.45) is 28.2. The van der Waals surface area contributed by atoms with E-state index in [-0.39, 0.29) is 0 Å². The van der Waals surface area contributed by atoms with Gasteiger partial charge in [0.25, 0.3) is 0 Å². The topological polar surface area (TPSA) is 3.24 Å². The highest BCUT2D eigenvalue weighted by Gasteiger charge is 2.20. The van der Waals surface area contributed by atoms with Gasteiger partial charge >= 0.3 is 0 Å². The van der Waals surface area contributed by atoms with Crippen molar-refractivity contribution in [3.8, 4) is 0 Å². The van der Waals surface area contributed by atoms with Crippen molar-refractivity contribution in [2.75, 3.05) is 4.90 Å². The largest absolute Gasteiger partial charge is 0.366 e. The second-order valence-electron chi connectivity index (χ2n) is 10.7. The number of rotatable bonds is 23. The molecule has 2 atom stereocenters. The van der Waals surface area contributed by atoms with Crippen LogP contribution < -0.4 is 4.90 Å². The van der Waals surface area contributed by atoms with Gasteiger partial charge in [-0.25, -0.2) is 0 Å². The van der Waals surface area contributed by atoms with Crippen LogP contribution in [0, 0.1) is 0 Å². The predicted molar refractivity (Wildman–Crippen MR) is 152 cm³/mol. The van der Waals surface area contributed by atoms with Crippen molar-refractivity contribution in [1.82, 2.24) is 0 Å². The summed E-state index contributed by atoms with van der Waals surface area (Å²) in [5.74, 6) is 0. The van der Waals surface area contributed by atoms with Crippen molar-refractivity contribution in [2.24, 2.45) is 0 Å². The second kappa shape index (κ2) is 21.5. The van der Waals surface area contributed by atoms with Crippen LogP contribution in [0.4, 0.5) is 5.69 Å². The third kappa shape index (κ3) is 15.5. The van der Waals surface area contributed by atoms with Gasteiger partial charge in [0.2, 0.25) is 0 Å². The standard InChI is InChI=1S/C32H59N/c1-5-7-9-11-13-15-17-19-22-26-30(3)33(32-28-24-21-25-29-32)31(4)27-23-20-18-16-14-12-10-8-6-2/h21,24-25,28-31H,5-20,22-23,26-27H2,1-4H3. The van der Waals surface area contributed by atoms with E-state index in [0.717, 1.165) is 0 Å². The first-order chi connectivity index (χ1) is 16.2. The van der Waals surface area contributed by atoms with Gasteiger partial charge in [-0.05, 0) is 38.8 Å². The maximum absolute atomic E-state index is 2.73. The van der Waals surface area contributed by atoms with E-state index in [1.165, 1.54) is 134 Å². The Balaban J connectivity index is 2.30. The Labute approximate surface area is 209 Å². The molecule has 0 N–H and O–H groups in total. The van der Waals surface area contributed by atoms with Crippen LogP contribution >= 0.6 is 0 Å². The first kappa shape index (κ1) is 30.1. The molecule has 1 aromatic rings. The molecule has 0 aliphatic carbocycles. The second-order valence-corrected chi connectivity index (χ2v) is 10.7. The summed E-state index contributed by atoms with van der Waals surface area (Å²) in [5.41, 5.74) is 1.42. The average molecular weight is 458 g/mol. The van der Waals surface area contributed by atoms with Crippen LogP contribution in [-0.4, -0.2) is 12.1 Å². The van der Waals surface area contributed by atoms with Crippen molar-refractivity contribution in [2.45, 2.75) is 168 Å². The normalized spacial score (nSPS) is 13.2. The quantitative estimate of drug-likeness (QED) is 0.148. The summed E-state index contributed by atoms with van der Waals surface area (Å²) in [4.78, 5) is 2.73. The van der Waals surface area contributed by atoms with Gasteiger partial charge in [-0.15, -0.1) is 0 Å². The molecule has 1 rings (SSSR count). The lowest BCUT2D eigenvalue weighted by molar-refractivity contribution is 0.458. The fourth-order valence-corrected chi connectivity index (χ4v) is 5.32. The molecule has 0 saturated heterocycles. The minimum atomic E-state index is 0.630. The molecular formula is C32H59N. The van der Waals surface area contributed by atoms with Crippen LogP contribution in [0.2, 0.25) is 0 Å². The van der Waals surface area contributed by atoms with Gasteiger partial charge in [0, 0.05) is 17.8 Å². The maximum Gasteiger partial charge on any atom is 0.0371 e. The van der Waals surface area contributed by atoms with Crippen molar-refractivity contribution in [1.29, 1.82) is 0 Å². The lowest BCUT2D eigenvalue weighted by Gasteiger charge is -2.37. The van der Waals surface area contributed by atoms with Crippen LogP contribution in [0.3, 0.4) is 0 Å². The molecule has 33 heavy (non-hydrogen) atoms. The summed E-state index contributed by atoms with van der Waals surface area (Å²) < 4.78 is 0. The zero-order chi connectivity index (χ0) is 24.0. The van der Waals surface area contributed by atoms with E-state index in [1.807, 2.05) is 0 Å². The monoisotopic (exact) mass is 457 g/mol. The molecule has 1 heteroatoms. The highest BCUT2D eigenvalue weighted by Crippen LogP contribution is 2.25. The summed E-state index contributed by atoms with van der Waals surface area (Å²) in [5, 5.41) is 0. The number of benzene rings is 1. The number of nitrogens with zero attached hydrogens (tertiary/aromatic N) is 1. The Bertz CT molecular complexity index is 482. The summed E-state index contributed by atoms with van der Waals surface area (Å²) in [6, 6.07) is 12.5. The summed E-state index contributed by atoms with van der Waals surface area (Å²) in [6.45, 7) is 9.53. The lowest BCUT2D eigenvalue weighted by atomic mass is 10.00. The van der Waals surface area contributed by atoms with E-state index in [4.69, 9.17) is 0 Å². The molecule has 0 spiro atoms.